The van der Waals surface area contributed by atoms with E-state index in [9.17, 15) is 0 Å². The highest BCUT2D eigenvalue weighted by Gasteiger charge is 2.10. The molecule has 0 aromatic rings. The second-order valence-electron chi connectivity index (χ2n) is 3.00. The second kappa shape index (κ2) is 3.44. The van der Waals surface area contributed by atoms with Gasteiger partial charge in [-0.2, -0.15) is 0 Å². The lowest BCUT2D eigenvalue weighted by molar-refractivity contribution is 0.772. The van der Waals surface area contributed by atoms with Crippen molar-refractivity contribution in [2.24, 2.45) is 5.92 Å². The summed E-state index contributed by atoms with van der Waals surface area (Å²) in [6.07, 6.45) is 0. The number of nitrogens with one attached hydrogen (secondary N) is 1. The number of allylic oxidation sites excluding steroid dienone is 1. The Bertz CT molecular complexity index is 151. The van der Waals surface area contributed by atoms with Gasteiger partial charge in [-0.1, -0.05) is 30.0 Å². The van der Waals surface area contributed by atoms with Crippen LogP contribution in [0.3, 0.4) is 0 Å². The Morgan fingerprint density at radius 2 is 2.20 bits per heavy atom. The van der Waals surface area contributed by atoms with Crippen LogP contribution in [0, 0.1) is 5.92 Å². The van der Waals surface area contributed by atoms with Crippen LogP contribution in [0.2, 0.25) is 0 Å². The van der Waals surface area contributed by atoms with E-state index in [1.54, 1.807) is 5.57 Å². The van der Waals surface area contributed by atoms with Gasteiger partial charge >= 0.3 is 0 Å². The van der Waals surface area contributed by atoms with Gasteiger partial charge in [0, 0.05) is 12.3 Å². The molecular weight excluding hydrogens is 142 g/mol. The molecule has 0 fully saturated rings. The van der Waals surface area contributed by atoms with Crippen molar-refractivity contribution in [1.82, 2.24) is 4.72 Å². The van der Waals surface area contributed by atoms with Crippen LogP contribution in [0.4, 0.5) is 0 Å². The normalized spacial score (nSPS) is 28.5. The van der Waals surface area contributed by atoms with Gasteiger partial charge in [-0.25, -0.2) is 0 Å². The van der Waals surface area contributed by atoms with E-state index in [0.29, 0.717) is 0 Å². The van der Waals surface area contributed by atoms with Gasteiger partial charge in [0.25, 0.3) is 0 Å². The molecule has 1 nitrogen and oxygen atoms in total. The fraction of sp³-hybridized carbons (Fsp3) is 0.750. The van der Waals surface area contributed by atoms with E-state index >= 15 is 0 Å². The lowest BCUT2D eigenvalue weighted by Crippen LogP contribution is -2.04. The van der Waals surface area contributed by atoms with E-state index < -0.39 is 0 Å². The van der Waals surface area contributed by atoms with Crippen molar-refractivity contribution in [2.75, 3.05) is 12.3 Å². The highest BCUT2D eigenvalue weighted by Crippen LogP contribution is 2.21. The van der Waals surface area contributed by atoms with E-state index in [-0.39, 0.29) is 0 Å². The van der Waals surface area contributed by atoms with Crippen molar-refractivity contribution < 1.29 is 0 Å². The van der Waals surface area contributed by atoms with Crippen molar-refractivity contribution in [2.45, 2.75) is 20.8 Å². The molecule has 1 unspecified atom stereocenters. The summed E-state index contributed by atoms with van der Waals surface area (Å²) in [5, 5.41) is 0. The first-order valence-electron chi connectivity index (χ1n) is 3.72. The molecule has 0 bridgehead atoms. The summed E-state index contributed by atoms with van der Waals surface area (Å²) in [5.41, 5.74) is 3.08. The minimum Gasteiger partial charge on any atom is -0.260 e. The molecule has 1 aliphatic rings. The minimum atomic E-state index is 0.750. The number of rotatable bonds is 0. The van der Waals surface area contributed by atoms with Crippen LogP contribution in [0.5, 0.6) is 0 Å². The summed E-state index contributed by atoms with van der Waals surface area (Å²) in [4.78, 5) is 0. The molecule has 0 spiro atoms. The quantitative estimate of drug-likeness (QED) is 0.427. The maximum Gasteiger partial charge on any atom is 0.0269 e. The van der Waals surface area contributed by atoms with Gasteiger partial charge in [0.2, 0.25) is 0 Å². The van der Waals surface area contributed by atoms with Crippen LogP contribution in [-0.4, -0.2) is 12.3 Å². The Morgan fingerprint density at radius 3 is 2.90 bits per heavy atom. The first-order chi connectivity index (χ1) is 4.72. The average molecular weight is 157 g/mol. The van der Waals surface area contributed by atoms with Gasteiger partial charge in [0.1, 0.15) is 0 Å². The summed E-state index contributed by atoms with van der Waals surface area (Å²) in [5.74, 6) is 1.96. The standard InChI is InChI=1S/C8H15NS/c1-6-4-9-10-5-7(2)8(6)3/h7,9H,4-5H2,1-3H3. The first kappa shape index (κ1) is 8.15. The third kappa shape index (κ3) is 1.77. The predicted octanol–water partition coefficient (Wildman–Crippen LogP) is 2.21. The molecule has 0 aromatic heterocycles. The Hall–Kier alpha value is 0.0500. The van der Waals surface area contributed by atoms with Crippen molar-refractivity contribution in [3.8, 4) is 0 Å². The molecular formula is C8H15NS. The SMILES string of the molecule is CC1=C(C)C(C)CSNC1. The molecule has 0 saturated heterocycles. The number of hydrogen-bond donors (Lipinski definition) is 1. The van der Waals surface area contributed by atoms with Gasteiger partial charge in [-0.3, -0.25) is 4.72 Å². The summed E-state index contributed by atoms with van der Waals surface area (Å²) >= 11 is 1.84. The summed E-state index contributed by atoms with van der Waals surface area (Å²) in [7, 11) is 0. The van der Waals surface area contributed by atoms with Crippen molar-refractivity contribution >= 4 is 11.9 Å². The third-order valence-corrected chi connectivity index (χ3v) is 3.20. The molecule has 0 saturated carbocycles. The zero-order valence-electron chi connectivity index (χ0n) is 6.90. The third-order valence-electron chi connectivity index (χ3n) is 2.19. The van der Waals surface area contributed by atoms with E-state index in [1.165, 1.54) is 11.3 Å². The van der Waals surface area contributed by atoms with E-state index in [2.05, 4.69) is 25.5 Å². The highest BCUT2D eigenvalue weighted by molar-refractivity contribution is 7.97. The highest BCUT2D eigenvalue weighted by atomic mass is 32.2. The Labute approximate surface area is 67.4 Å². The van der Waals surface area contributed by atoms with Crippen molar-refractivity contribution in [1.29, 1.82) is 0 Å². The molecule has 0 aliphatic carbocycles. The molecule has 1 aliphatic heterocycles. The first-order valence-corrected chi connectivity index (χ1v) is 4.71. The molecule has 1 atom stereocenters. The lowest BCUT2D eigenvalue weighted by atomic mass is 10.00. The Kier molecular flexibility index (Phi) is 2.81. The van der Waals surface area contributed by atoms with Crippen LogP contribution in [-0.2, 0) is 0 Å². The van der Waals surface area contributed by atoms with Crippen LogP contribution >= 0.6 is 11.9 Å². The van der Waals surface area contributed by atoms with Crippen LogP contribution < -0.4 is 4.72 Å². The average Bonchev–Trinajstić information content (AvgIpc) is 2.04. The maximum absolute atomic E-state index is 3.32. The van der Waals surface area contributed by atoms with Crippen LogP contribution in [0.15, 0.2) is 11.1 Å². The van der Waals surface area contributed by atoms with Gasteiger partial charge in [-0.15, -0.1) is 0 Å². The molecule has 0 aromatic carbocycles. The molecule has 0 radical (unpaired) electrons. The Balaban J connectivity index is 2.69. The van der Waals surface area contributed by atoms with Gasteiger partial charge in [0.15, 0.2) is 0 Å². The minimum absolute atomic E-state index is 0.750. The predicted molar refractivity (Wildman–Crippen MR) is 48.0 cm³/mol. The molecule has 1 N–H and O–H groups in total. The van der Waals surface area contributed by atoms with Crippen LogP contribution in [0.25, 0.3) is 0 Å². The molecule has 10 heavy (non-hydrogen) atoms. The van der Waals surface area contributed by atoms with E-state index in [0.717, 1.165) is 12.5 Å². The van der Waals surface area contributed by atoms with Gasteiger partial charge in [-0.05, 0) is 19.8 Å². The largest absolute Gasteiger partial charge is 0.260 e. The summed E-state index contributed by atoms with van der Waals surface area (Å²) in [6, 6.07) is 0. The van der Waals surface area contributed by atoms with E-state index in [4.69, 9.17) is 0 Å². The van der Waals surface area contributed by atoms with Crippen molar-refractivity contribution in [3.63, 3.8) is 0 Å². The molecule has 1 rings (SSSR count). The van der Waals surface area contributed by atoms with Gasteiger partial charge in [0.05, 0.1) is 0 Å². The smallest absolute Gasteiger partial charge is 0.0269 e. The summed E-state index contributed by atoms with van der Waals surface area (Å²) in [6.45, 7) is 7.80. The fourth-order valence-electron chi connectivity index (χ4n) is 1.03. The molecule has 2 heteroatoms. The lowest BCUT2D eigenvalue weighted by Gasteiger charge is -2.08. The van der Waals surface area contributed by atoms with Crippen LogP contribution in [0.1, 0.15) is 20.8 Å². The zero-order chi connectivity index (χ0) is 7.56. The monoisotopic (exact) mass is 157 g/mol. The molecule has 58 valence electrons. The summed E-state index contributed by atoms with van der Waals surface area (Å²) < 4.78 is 3.32. The number of hydrogen-bond acceptors (Lipinski definition) is 2. The molecule has 0 amide bonds. The fourth-order valence-corrected chi connectivity index (χ4v) is 1.96. The zero-order valence-corrected chi connectivity index (χ0v) is 7.72. The van der Waals surface area contributed by atoms with Crippen molar-refractivity contribution in [3.05, 3.63) is 11.1 Å². The topological polar surface area (TPSA) is 12.0 Å². The second-order valence-corrected chi connectivity index (χ2v) is 3.91. The Morgan fingerprint density at radius 1 is 1.50 bits per heavy atom. The maximum atomic E-state index is 3.32. The van der Waals surface area contributed by atoms with Gasteiger partial charge < -0.3 is 0 Å². The van der Waals surface area contributed by atoms with E-state index in [1.807, 2.05) is 11.9 Å². The molecule has 1 heterocycles.